The highest BCUT2D eigenvalue weighted by atomic mass is 35.5. The van der Waals surface area contributed by atoms with Crippen molar-refractivity contribution in [1.82, 2.24) is 9.88 Å². The molecular formula is C13H19ClN4O4. The molecule has 0 spiro atoms. The molecule has 1 heterocycles. The second-order valence-corrected chi connectivity index (χ2v) is 5.55. The van der Waals surface area contributed by atoms with Crippen molar-refractivity contribution >= 4 is 24.0 Å². The Labute approximate surface area is 133 Å². The highest BCUT2D eigenvalue weighted by molar-refractivity contribution is 5.85. The molecule has 22 heavy (non-hydrogen) atoms. The normalized spacial score (nSPS) is 16.3. The molecule has 0 saturated heterocycles. The van der Waals surface area contributed by atoms with Crippen LogP contribution in [0.4, 0.5) is 5.69 Å². The number of nitrogens with one attached hydrogen (secondary N) is 1. The topological polar surface area (TPSA) is 120 Å². The lowest BCUT2D eigenvalue weighted by molar-refractivity contribution is -0.385. The predicted octanol–water partition coefficient (Wildman–Crippen LogP) is 0.422. The van der Waals surface area contributed by atoms with Gasteiger partial charge in [0.1, 0.15) is 6.54 Å². The number of hydrogen-bond donors (Lipinski definition) is 2. The van der Waals surface area contributed by atoms with Gasteiger partial charge in [0.2, 0.25) is 5.91 Å². The first-order chi connectivity index (χ1) is 9.85. The first-order valence-electron chi connectivity index (χ1n) is 6.71. The van der Waals surface area contributed by atoms with E-state index < -0.39 is 16.0 Å². The summed E-state index contributed by atoms with van der Waals surface area (Å²) in [5, 5.41) is 13.5. The second kappa shape index (κ2) is 6.89. The van der Waals surface area contributed by atoms with Gasteiger partial charge in [-0.1, -0.05) is 0 Å². The lowest BCUT2D eigenvalue weighted by Gasteiger charge is -2.29. The van der Waals surface area contributed by atoms with Gasteiger partial charge in [0.15, 0.2) is 0 Å². The van der Waals surface area contributed by atoms with Gasteiger partial charge in [-0.2, -0.15) is 0 Å². The summed E-state index contributed by atoms with van der Waals surface area (Å²) in [5.74, 6) is -0.0225. The first-order valence-corrected chi connectivity index (χ1v) is 6.71. The maximum Gasteiger partial charge on any atom is 0.285 e. The number of aromatic nitrogens is 1. The monoisotopic (exact) mass is 330 g/mol. The van der Waals surface area contributed by atoms with Gasteiger partial charge < -0.3 is 11.1 Å². The van der Waals surface area contributed by atoms with E-state index in [1.54, 1.807) is 0 Å². The summed E-state index contributed by atoms with van der Waals surface area (Å²) in [6.45, 7) is 1.93. The molecule has 0 aromatic carbocycles. The third-order valence-electron chi connectivity index (χ3n) is 3.82. The highest BCUT2D eigenvalue weighted by Crippen LogP contribution is 2.38. The largest absolute Gasteiger partial charge is 0.348 e. The minimum atomic E-state index is -0.609. The van der Waals surface area contributed by atoms with Crippen molar-refractivity contribution in [2.24, 2.45) is 11.7 Å². The Morgan fingerprint density at radius 1 is 1.55 bits per heavy atom. The number of pyridine rings is 1. The molecule has 1 aliphatic rings. The van der Waals surface area contributed by atoms with Crippen LogP contribution < -0.4 is 16.6 Å². The molecule has 2 rings (SSSR count). The number of carbonyl (C=O) groups is 1. The van der Waals surface area contributed by atoms with E-state index in [0.717, 1.165) is 35.7 Å². The van der Waals surface area contributed by atoms with Crippen molar-refractivity contribution in [2.75, 3.05) is 6.54 Å². The highest BCUT2D eigenvalue weighted by Gasteiger charge is 2.41. The van der Waals surface area contributed by atoms with Gasteiger partial charge in [0.25, 0.3) is 11.2 Å². The zero-order valence-electron chi connectivity index (χ0n) is 12.2. The molecule has 1 atom stereocenters. The zero-order valence-corrected chi connectivity index (χ0v) is 13.0. The molecule has 122 valence electrons. The molecule has 1 amide bonds. The Balaban J connectivity index is 0.00000242. The van der Waals surface area contributed by atoms with E-state index >= 15 is 0 Å². The Kier molecular flexibility index (Phi) is 5.67. The van der Waals surface area contributed by atoms with Crippen LogP contribution in [0.2, 0.25) is 0 Å². The third-order valence-corrected chi connectivity index (χ3v) is 3.82. The number of rotatable bonds is 6. The van der Waals surface area contributed by atoms with Crippen LogP contribution in [0.5, 0.6) is 0 Å². The summed E-state index contributed by atoms with van der Waals surface area (Å²) < 4.78 is 1.03. The van der Waals surface area contributed by atoms with Gasteiger partial charge in [0, 0.05) is 18.7 Å². The second-order valence-electron chi connectivity index (χ2n) is 5.55. The Morgan fingerprint density at radius 2 is 2.18 bits per heavy atom. The smallest absolute Gasteiger partial charge is 0.285 e. The van der Waals surface area contributed by atoms with Gasteiger partial charge in [-0.05, 0) is 25.7 Å². The molecule has 0 aliphatic heterocycles. The van der Waals surface area contributed by atoms with Crippen LogP contribution in [0.1, 0.15) is 19.8 Å². The van der Waals surface area contributed by atoms with Crippen LogP contribution in [0, 0.1) is 16.0 Å². The fourth-order valence-electron chi connectivity index (χ4n) is 2.30. The van der Waals surface area contributed by atoms with Crippen LogP contribution in [-0.4, -0.2) is 27.5 Å². The van der Waals surface area contributed by atoms with Crippen LogP contribution in [-0.2, 0) is 11.3 Å². The lowest BCUT2D eigenvalue weighted by Crippen LogP contribution is -2.54. The van der Waals surface area contributed by atoms with Crippen LogP contribution >= 0.6 is 12.4 Å². The average Bonchev–Trinajstić information content (AvgIpc) is 3.25. The van der Waals surface area contributed by atoms with Gasteiger partial charge in [-0.25, -0.2) is 0 Å². The summed E-state index contributed by atoms with van der Waals surface area (Å²) in [5.41, 5.74) is 4.53. The fourth-order valence-corrected chi connectivity index (χ4v) is 2.30. The van der Waals surface area contributed by atoms with Crippen molar-refractivity contribution in [1.29, 1.82) is 0 Å². The molecule has 1 saturated carbocycles. The summed E-state index contributed by atoms with van der Waals surface area (Å²) >= 11 is 0. The van der Waals surface area contributed by atoms with Crippen molar-refractivity contribution in [2.45, 2.75) is 31.8 Å². The van der Waals surface area contributed by atoms with E-state index in [1.807, 2.05) is 6.92 Å². The van der Waals surface area contributed by atoms with Gasteiger partial charge in [-0.15, -0.1) is 12.4 Å². The summed E-state index contributed by atoms with van der Waals surface area (Å²) in [6.07, 6.45) is 3.11. The van der Waals surface area contributed by atoms with Crippen molar-refractivity contribution in [3.63, 3.8) is 0 Å². The van der Waals surface area contributed by atoms with E-state index in [2.05, 4.69) is 5.32 Å². The summed E-state index contributed by atoms with van der Waals surface area (Å²) in [6, 6.07) is 2.19. The molecule has 1 fully saturated rings. The number of nitrogens with two attached hydrogens (primary N) is 1. The quantitative estimate of drug-likeness (QED) is 0.578. The van der Waals surface area contributed by atoms with Crippen molar-refractivity contribution < 1.29 is 9.72 Å². The summed E-state index contributed by atoms with van der Waals surface area (Å²) in [4.78, 5) is 33.8. The molecule has 1 aromatic heterocycles. The molecule has 0 bridgehead atoms. The molecule has 1 aliphatic carbocycles. The maximum atomic E-state index is 12.1. The molecule has 0 radical (unpaired) electrons. The van der Waals surface area contributed by atoms with Crippen LogP contribution in [0.15, 0.2) is 23.1 Å². The van der Waals surface area contributed by atoms with Crippen molar-refractivity contribution in [3.8, 4) is 0 Å². The fraction of sp³-hybridized carbons (Fsp3) is 0.538. The number of halogens is 1. The lowest BCUT2D eigenvalue weighted by atomic mass is 9.96. The van der Waals surface area contributed by atoms with Crippen LogP contribution in [0.25, 0.3) is 0 Å². The first kappa shape index (κ1) is 18.1. The zero-order chi connectivity index (χ0) is 15.6. The minimum Gasteiger partial charge on any atom is -0.348 e. The molecule has 1 unspecified atom stereocenters. The van der Waals surface area contributed by atoms with Gasteiger partial charge in [0.05, 0.1) is 16.7 Å². The molecule has 3 N–H and O–H groups in total. The molecule has 1 aromatic rings. The summed E-state index contributed by atoms with van der Waals surface area (Å²) in [7, 11) is 0. The number of carbonyl (C=O) groups excluding carboxylic acids is 1. The number of nitro groups is 1. The van der Waals surface area contributed by atoms with E-state index in [0.29, 0.717) is 12.5 Å². The standard InChI is InChI=1S/C13H18N4O4.ClH/c1-13(8-14,9-2-3-9)15-11(18)7-16-6-10(17(20)21)4-5-12(16)19;/h4-6,9H,2-3,7-8,14H2,1H3,(H,15,18);1H. The maximum absolute atomic E-state index is 12.1. The third kappa shape index (κ3) is 4.05. The molecular weight excluding hydrogens is 312 g/mol. The van der Waals surface area contributed by atoms with Gasteiger partial charge in [-0.3, -0.25) is 24.3 Å². The Hall–Kier alpha value is -1.93. The Bertz CT molecular complexity index is 629. The minimum absolute atomic E-state index is 0. The number of hydrogen-bond acceptors (Lipinski definition) is 5. The number of nitrogens with zero attached hydrogens (tertiary/aromatic N) is 2. The SMILES string of the molecule is CC(CN)(NC(=O)Cn1cc([N+](=O)[O-])ccc1=O)C1CC1.Cl. The van der Waals surface area contributed by atoms with Crippen molar-refractivity contribution in [3.05, 3.63) is 38.8 Å². The molecule has 8 nitrogen and oxygen atoms in total. The Morgan fingerprint density at radius 3 is 2.68 bits per heavy atom. The van der Waals surface area contributed by atoms with Crippen LogP contribution in [0.3, 0.4) is 0 Å². The average molecular weight is 331 g/mol. The van der Waals surface area contributed by atoms with E-state index in [-0.39, 0.29) is 30.5 Å². The van der Waals surface area contributed by atoms with E-state index in [9.17, 15) is 19.7 Å². The van der Waals surface area contributed by atoms with E-state index in [1.165, 1.54) is 0 Å². The molecule has 9 heteroatoms. The predicted molar refractivity (Wildman–Crippen MR) is 82.9 cm³/mol. The van der Waals surface area contributed by atoms with Gasteiger partial charge >= 0.3 is 0 Å². The van der Waals surface area contributed by atoms with E-state index in [4.69, 9.17) is 5.73 Å². The number of amides is 1.